The van der Waals surface area contributed by atoms with E-state index in [0.29, 0.717) is 10.0 Å². The molecule has 4 heteroatoms. The van der Waals surface area contributed by atoms with E-state index in [2.05, 4.69) is 26.2 Å². The van der Waals surface area contributed by atoms with Crippen molar-refractivity contribution in [3.05, 3.63) is 63.6 Å². The second kappa shape index (κ2) is 5.59. The molecule has 0 aliphatic rings. The molecule has 1 atom stereocenters. The molecule has 1 heterocycles. The Bertz CT molecular complexity index is 557. The van der Waals surface area contributed by atoms with Gasteiger partial charge in [0.15, 0.2) is 0 Å². The summed E-state index contributed by atoms with van der Waals surface area (Å²) in [6, 6.07) is 7.04. The van der Waals surface area contributed by atoms with Crippen LogP contribution < -0.4 is 5.32 Å². The number of halogens is 2. The fraction of sp³-hybridized carbons (Fsp3) is 0.214. The highest BCUT2D eigenvalue weighted by atomic mass is 79.9. The van der Waals surface area contributed by atoms with Crippen molar-refractivity contribution in [2.75, 3.05) is 7.05 Å². The van der Waals surface area contributed by atoms with Crippen LogP contribution in [-0.4, -0.2) is 12.0 Å². The van der Waals surface area contributed by atoms with Crippen molar-refractivity contribution in [1.29, 1.82) is 0 Å². The van der Waals surface area contributed by atoms with E-state index in [1.54, 1.807) is 24.5 Å². The van der Waals surface area contributed by atoms with Crippen LogP contribution in [0.15, 0.2) is 41.1 Å². The van der Waals surface area contributed by atoms with Crippen LogP contribution in [0.1, 0.15) is 22.7 Å². The second-order valence-corrected chi connectivity index (χ2v) is 4.95. The highest BCUT2D eigenvalue weighted by Crippen LogP contribution is 2.29. The van der Waals surface area contributed by atoms with E-state index < -0.39 is 0 Å². The smallest absolute Gasteiger partial charge is 0.142 e. The van der Waals surface area contributed by atoms with Gasteiger partial charge in [-0.1, -0.05) is 12.1 Å². The van der Waals surface area contributed by atoms with Crippen molar-refractivity contribution in [3.63, 3.8) is 0 Å². The summed E-state index contributed by atoms with van der Waals surface area (Å²) in [5.41, 5.74) is 2.68. The van der Waals surface area contributed by atoms with Crippen LogP contribution in [0.3, 0.4) is 0 Å². The number of pyridine rings is 1. The Morgan fingerprint density at radius 1 is 1.28 bits per heavy atom. The van der Waals surface area contributed by atoms with E-state index in [1.807, 2.05) is 26.1 Å². The Morgan fingerprint density at radius 3 is 2.72 bits per heavy atom. The van der Waals surface area contributed by atoms with Crippen molar-refractivity contribution in [2.45, 2.75) is 13.0 Å². The zero-order chi connectivity index (χ0) is 13.1. The summed E-state index contributed by atoms with van der Waals surface area (Å²) in [5.74, 6) is -0.236. The van der Waals surface area contributed by atoms with Crippen LogP contribution in [0.25, 0.3) is 0 Å². The van der Waals surface area contributed by atoms with Gasteiger partial charge in [-0.25, -0.2) is 4.39 Å². The molecule has 0 saturated heterocycles. The molecule has 18 heavy (non-hydrogen) atoms. The van der Waals surface area contributed by atoms with Gasteiger partial charge >= 0.3 is 0 Å². The molecule has 94 valence electrons. The van der Waals surface area contributed by atoms with Crippen molar-refractivity contribution in [3.8, 4) is 0 Å². The Kier molecular flexibility index (Phi) is 4.09. The van der Waals surface area contributed by atoms with E-state index in [0.717, 1.165) is 11.1 Å². The molecule has 1 aromatic carbocycles. The molecule has 0 amide bonds. The molecule has 0 saturated carbocycles. The van der Waals surface area contributed by atoms with Gasteiger partial charge in [0.1, 0.15) is 5.82 Å². The van der Waals surface area contributed by atoms with Crippen LogP contribution in [0.2, 0.25) is 0 Å². The molecule has 0 bridgehead atoms. The van der Waals surface area contributed by atoms with Gasteiger partial charge in [-0.15, -0.1) is 0 Å². The summed E-state index contributed by atoms with van der Waals surface area (Å²) in [6.07, 6.45) is 3.51. The standard InChI is InChI=1S/C14H14BrFN2/c1-9-6-7-18-8-11(9)14(17-2)10-4-3-5-12(15)13(10)16/h3-8,14,17H,1-2H3. The molecule has 1 aromatic heterocycles. The summed E-state index contributed by atoms with van der Waals surface area (Å²) in [5, 5.41) is 3.14. The van der Waals surface area contributed by atoms with Gasteiger partial charge in [-0.2, -0.15) is 0 Å². The van der Waals surface area contributed by atoms with Gasteiger partial charge in [0.2, 0.25) is 0 Å². The summed E-state index contributed by atoms with van der Waals surface area (Å²) >= 11 is 3.22. The molecule has 0 aliphatic heterocycles. The molecule has 0 fully saturated rings. The molecule has 1 N–H and O–H groups in total. The number of aromatic nitrogens is 1. The molecular weight excluding hydrogens is 295 g/mol. The predicted octanol–water partition coefficient (Wildman–Crippen LogP) is 3.60. The average Bonchev–Trinajstić information content (AvgIpc) is 2.37. The number of hydrogen-bond donors (Lipinski definition) is 1. The quantitative estimate of drug-likeness (QED) is 0.937. The minimum absolute atomic E-state index is 0.198. The first-order chi connectivity index (χ1) is 8.65. The topological polar surface area (TPSA) is 24.9 Å². The molecule has 1 unspecified atom stereocenters. The maximum atomic E-state index is 14.1. The predicted molar refractivity (Wildman–Crippen MR) is 74.0 cm³/mol. The highest BCUT2D eigenvalue weighted by molar-refractivity contribution is 9.10. The van der Waals surface area contributed by atoms with Gasteiger partial charge in [0, 0.05) is 18.0 Å². The summed E-state index contributed by atoms with van der Waals surface area (Å²) in [4.78, 5) is 4.12. The molecule has 0 spiro atoms. The van der Waals surface area contributed by atoms with E-state index in [-0.39, 0.29) is 11.9 Å². The van der Waals surface area contributed by atoms with E-state index in [4.69, 9.17) is 0 Å². The monoisotopic (exact) mass is 308 g/mol. The minimum atomic E-state index is -0.236. The molecule has 2 rings (SSSR count). The number of aryl methyl sites for hydroxylation is 1. The fourth-order valence-electron chi connectivity index (χ4n) is 2.00. The van der Waals surface area contributed by atoms with Gasteiger partial charge in [-0.3, -0.25) is 4.98 Å². The van der Waals surface area contributed by atoms with Gasteiger partial charge in [-0.05, 0) is 53.2 Å². The number of nitrogens with one attached hydrogen (secondary N) is 1. The first-order valence-corrected chi connectivity index (χ1v) is 6.46. The average molecular weight is 309 g/mol. The minimum Gasteiger partial charge on any atom is -0.309 e. The SMILES string of the molecule is CNC(c1cnccc1C)c1cccc(Br)c1F. The summed E-state index contributed by atoms with van der Waals surface area (Å²) < 4.78 is 14.6. The largest absolute Gasteiger partial charge is 0.309 e. The molecule has 2 nitrogen and oxygen atoms in total. The van der Waals surface area contributed by atoms with Crippen molar-refractivity contribution in [2.24, 2.45) is 0 Å². The zero-order valence-corrected chi connectivity index (χ0v) is 11.8. The lowest BCUT2D eigenvalue weighted by molar-refractivity contribution is 0.569. The Morgan fingerprint density at radius 2 is 2.06 bits per heavy atom. The molecule has 2 aromatic rings. The van der Waals surface area contributed by atoms with Crippen LogP contribution in [0.5, 0.6) is 0 Å². The Balaban J connectivity index is 2.53. The van der Waals surface area contributed by atoms with E-state index in [1.165, 1.54) is 0 Å². The number of rotatable bonds is 3. The van der Waals surface area contributed by atoms with Crippen LogP contribution in [0, 0.1) is 12.7 Å². The zero-order valence-electron chi connectivity index (χ0n) is 10.2. The van der Waals surface area contributed by atoms with Gasteiger partial charge in [0.05, 0.1) is 10.5 Å². The van der Waals surface area contributed by atoms with Crippen LogP contribution >= 0.6 is 15.9 Å². The van der Waals surface area contributed by atoms with Gasteiger partial charge in [0.25, 0.3) is 0 Å². The lowest BCUT2D eigenvalue weighted by Crippen LogP contribution is -2.20. The maximum absolute atomic E-state index is 14.1. The first kappa shape index (κ1) is 13.2. The van der Waals surface area contributed by atoms with Crippen molar-refractivity contribution < 1.29 is 4.39 Å². The summed E-state index contributed by atoms with van der Waals surface area (Å²) in [7, 11) is 1.82. The number of hydrogen-bond acceptors (Lipinski definition) is 2. The molecule has 0 radical (unpaired) electrons. The highest BCUT2D eigenvalue weighted by Gasteiger charge is 2.19. The number of nitrogens with zero attached hydrogens (tertiary/aromatic N) is 1. The van der Waals surface area contributed by atoms with Crippen LogP contribution in [0.4, 0.5) is 4.39 Å². The Labute approximate surface area is 114 Å². The van der Waals surface area contributed by atoms with Crippen LogP contribution in [-0.2, 0) is 0 Å². The third-order valence-electron chi connectivity index (χ3n) is 2.97. The third kappa shape index (κ3) is 2.44. The lowest BCUT2D eigenvalue weighted by atomic mass is 9.96. The number of benzene rings is 1. The molecular formula is C14H14BrFN2. The van der Waals surface area contributed by atoms with Crippen molar-refractivity contribution in [1.82, 2.24) is 10.3 Å². The first-order valence-electron chi connectivity index (χ1n) is 5.67. The van der Waals surface area contributed by atoms with Crippen molar-refractivity contribution >= 4 is 15.9 Å². The van der Waals surface area contributed by atoms with E-state index in [9.17, 15) is 4.39 Å². The summed E-state index contributed by atoms with van der Waals surface area (Å²) in [6.45, 7) is 2.00. The maximum Gasteiger partial charge on any atom is 0.142 e. The second-order valence-electron chi connectivity index (χ2n) is 4.10. The molecule has 0 aliphatic carbocycles. The normalized spacial score (nSPS) is 12.4. The van der Waals surface area contributed by atoms with Gasteiger partial charge < -0.3 is 5.32 Å². The lowest BCUT2D eigenvalue weighted by Gasteiger charge is -2.19. The van der Waals surface area contributed by atoms with E-state index >= 15 is 0 Å². The Hall–Kier alpha value is -1.26. The third-order valence-corrected chi connectivity index (χ3v) is 3.58. The fourth-order valence-corrected chi connectivity index (χ4v) is 2.38.